The van der Waals surface area contributed by atoms with E-state index in [1.165, 1.54) is 12.4 Å². The molecule has 1 aromatic rings. The predicted octanol–water partition coefficient (Wildman–Crippen LogP) is 0.942. The second kappa shape index (κ2) is 3.47. The lowest BCUT2D eigenvalue weighted by molar-refractivity contribution is -0.0668. The first-order chi connectivity index (χ1) is 6.99. The number of halogens is 1. The van der Waals surface area contributed by atoms with Crippen molar-refractivity contribution >= 4 is 17.5 Å². The Balaban J connectivity index is 2.14. The molecule has 1 fully saturated rings. The summed E-state index contributed by atoms with van der Waals surface area (Å²) in [6.45, 7) is 2.40. The van der Waals surface area contributed by atoms with E-state index < -0.39 is 5.60 Å². The van der Waals surface area contributed by atoms with Crippen molar-refractivity contribution in [2.75, 3.05) is 13.1 Å². The quantitative estimate of drug-likeness (QED) is 0.776. The zero-order chi connectivity index (χ0) is 11.1. The van der Waals surface area contributed by atoms with Crippen molar-refractivity contribution in [1.82, 2.24) is 9.88 Å². The van der Waals surface area contributed by atoms with Crippen molar-refractivity contribution in [3.63, 3.8) is 0 Å². The summed E-state index contributed by atoms with van der Waals surface area (Å²) < 4.78 is 0. The number of nitrogens with zero attached hydrogens (tertiary/aromatic N) is 2. The number of hydrogen-bond acceptors (Lipinski definition) is 3. The van der Waals surface area contributed by atoms with Gasteiger partial charge in [-0.25, -0.2) is 0 Å². The number of aromatic nitrogens is 1. The highest BCUT2D eigenvalue weighted by molar-refractivity contribution is 6.33. The minimum absolute atomic E-state index is 0.158. The molecule has 0 aliphatic carbocycles. The highest BCUT2D eigenvalue weighted by Crippen LogP contribution is 2.24. The maximum Gasteiger partial charge on any atom is 0.255 e. The molecule has 1 N–H and O–H groups in total. The molecule has 0 atom stereocenters. The lowest BCUT2D eigenvalue weighted by atomic mass is 9.96. The number of hydrogen-bond donors (Lipinski definition) is 1. The summed E-state index contributed by atoms with van der Waals surface area (Å²) in [5, 5.41) is 9.85. The highest BCUT2D eigenvalue weighted by atomic mass is 35.5. The highest BCUT2D eigenvalue weighted by Gasteiger charge is 2.39. The van der Waals surface area contributed by atoms with Crippen LogP contribution in [0.3, 0.4) is 0 Å². The number of β-amino-alcohol motifs (C(OH)–C–C–N with tert-alkyl or cyclic N) is 1. The number of carbonyl (C=O) groups is 1. The molecule has 0 saturated carbocycles. The van der Waals surface area contributed by atoms with E-state index in [1.54, 1.807) is 17.9 Å². The fourth-order valence-corrected chi connectivity index (χ4v) is 1.84. The molecule has 2 rings (SSSR count). The normalized spacial score (nSPS) is 18.5. The van der Waals surface area contributed by atoms with Gasteiger partial charge in [0.05, 0.1) is 29.3 Å². The van der Waals surface area contributed by atoms with E-state index in [4.69, 9.17) is 11.6 Å². The maximum atomic E-state index is 11.8. The molecule has 0 unspecified atom stereocenters. The Kier molecular flexibility index (Phi) is 2.40. The minimum atomic E-state index is -0.755. The van der Waals surface area contributed by atoms with Gasteiger partial charge in [0.1, 0.15) is 0 Å². The molecule has 1 aliphatic rings. The van der Waals surface area contributed by atoms with Crippen LogP contribution in [0.2, 0.25) is 5.02 Å². The Hall–Kier alpha value is -1.13. The largest absolute Gasteiger partial charge is 0.386 e. The lowest BCUT2D eigenvalue weighted by Crippen LogP contribution is -2.61. The van der Waals surface area contributed by atoms with Gasteiger partial charge in [-0.05, 0) is 13.0 Å². The molecule has 1 amide bonds. The average molecular weight is 227 g/mol. The van der Waals surface area contributed by atoms with E-state index in [9.17, 15) is 9.90 Å². The van der Waals surface area contributed by atoms with Crippen molar-refractivity contribution in [2.24, 2.45) is 0 Å². The Morgan fingerprint density at radius 3 is 2.87 bits per heavy atom. The Labute approximate surface area is 92.5 Å². The molecule has 80 valence electrons. The fourth-order valence-electron chi connectivity index (χ4n) is 1.64. The number of amides is 1. The van der Waals surface area contributed by atoms with Crippen molar-refractivity contribution in [2.45, 2.75) is 12.5 Å². The van der Waals surface area contributed by atoms with Gasteiger partial charge in [-0.3, -0.25) is 9.78 Å². The number of rotatable bonds is 1. The van der Waals surface area contributed by atoms with Gasteiger partial charge in [0, 0.05) is 12.4 Å². The van der Waals surface area contributed by atoms with Crippen LogP contribution in [-0.2, 0) is 0 Å². The van der Waals surface area contributed by atoms with Crippen molar-refractivity contribution in [3.05, 3.63) is 29.0 Å². The van der Waals surface area contributed by atoms with Gasteiger partial charge in [0.15, 0.2) is 0 Å². The van der Waals surface area contributed by atoms with Gasteiger partial charge in [-0.1, -0.05) is 11.6 Å². The van der Waals surface area contributed by atoms with Crippen LogP contribution in [-0.4, -0.2) is 39.6 Å². The third-order valence-electron chi connectivity index (χ3n) is 2.35. The molecule has 0 aromatic carbocycles. The van der Waals surface area contributed by atoms with E-state index in [0.717, 1.165) is 0 Å². The van der Waals surface area contributed by atoms with Crippen LogP contribution < -0.4 is 0 Å². The van der Waals surface area contributed by atoms with E-state index in [1.807, 2.05) is 0 Å². The molecule has 1 aliphatic heterocycles. The topological polar surface area (TPSA) is 53.4 Å². The zero-order valence-corrected chi connectivity index (χ0v) is 9.03. The van der Waals surface area contributed by atoms with Crippen molar-refractivity contribution < 1.29 is 9.90 Å². The summed E-state index contributed by atoms with van der Waals surface area (Å²) in [6.07, 6.45) is 2.96. The summed E-state index contributed by atoms with van der Waals surface area (Å²) in [5.41, 5.74) is -0.322. The smallest absolute Gasteiger partial charge is 0.255 e. The van der Waals surface area contributed by atoms with Crippen LogP contribution in [0.15, 0.2) is 18.5 Å². The minimum Gasteiger partial charge on any atom is -0.386 e. The van der Waals surface area contributed by atoms with Gasteiger partial charge in [0.2, 0.25) is 0 Å². The van der Waals surface area contributed by atoms with E-state index >= 15 is 0 Å². The van der Waals surface area contributed by atoms with Gasteiger partial charge in [-0.15, -0.1) is 0 Å². The summed E-state index contributed by atoms with van der Waals surface area (Å²) in [6, 6.07) is 1.58. The molecule has 0 radical (unpaired) electrons. The summed E-state index contributed by atoms with van der Waals surface area (Å²) in [4.78, 5) is 17.2. The molecule has 4 nitrogen and oxygen atoms in total. The summed E-state index contributed by atoms with van der Waals surface area (Å²) in [5.74, 6) is -0.158. The van der Waals surface area contributed by atoms with Crippen molar-refractivity contribution in [1.29, 1.82) is 0 Å². The summed E-state index contributed by atoms with van der Waals surface area (Å²) in [7, 11) is 0. The summed E-state index contributed by atoms with van der Waals surface area (Å²) >= 11 is 5.84. The van der Waals surface area contributed by atoms with Gasteiger partial charge in [0.25, 0.3) is 5.91 Å². The first-order valence-corrected chi connectivity index (χ1v) is 4.98. The number of likely N-dealkylation sites (tertiary alicyclic amines) is 1. The molecule has 15 heavy (non-hydrogen) atoms. The molecular formula is C10H11ClN2O2. The third kappa shape index (κ3) is 1.96. The van der Waals surface area contributed by atoms with Crippen LogP contribution in [0.5, 0.6) is 0 Å². The van der Waals surface area contributed by atoms with E-state index in [2.05, 4.69) is 4.98 Å². The Morgan fingerprint density at radius 1 is 1.67 bits per heavy atom. The monoisotopic (exact) mass is 226 g/mol. The van der Waals surface area contributed by atoms with Gasteiger partial charge >= 0.3 is 0 Å². The second-order valence-electron chi connectivity index (χ2n) is 4.01. The fraction of sp³-hybridized carbons (Fsp3) is 0.400. The van der Waals surface area contributed by atoms with E-state index in [-0.39, 0.29) is 5.91 Å². The molecule has 0 spiro atoms. The second-order valence-corrected chi connectivity index (χ2v) is 4.42. The van der Waals surface area contributed by atoms with Gasteiger partial charge in [-0.2, -0.15) is 0 Å². The number of aliphatic hydroxyl groups is 1. The average Bonchev–Trinajstić information content (AvgIpc) is 2.14. The van der Waals surface area contributed by atoms with Crippen LogP contribution >= 0.6 is 11.6 Å². The van der Waals surface area contributed by atoms with Crippen LogP contribution in [0, 0.1) is 0 Å². The standard InChI is InChI=1S/C10H11ClN2O2/c1-10(15)5-13(6-10)9(14)7-2-3-12-4-8(7)11/h2-4,15H,5-6H2,1H3. The maximum absolute atomic E-state index is 11.8. The number of pyridine rings is 1. The van der Waals surface area contributed by atoms with Gasteiger partial charge < -0.3 is 10.0 Å². The first-order valence-electron chi connectivity index (χ1n) is 4.61. The van der Waals surface area contributed by atoms with Crippen LogP contribution in [0.25, 0.3) is 0 Å². The lowest BCUT2D eigenvalue weighted by Gasteiger charge is -2.44. The molecule has 1 saturated heterocycles. The van der Waals surface area contributed by atoms with E-state index in [0.29, 0.717) is 23.7 Å². The number of carbonyl (C=O) groups excluding carboxylic acids is 1. The third-order valence-corrected chi connectivity index (χ3v) is 2.65. The first kappa shape index (κ1) is 10.4. The van der Waals surface area contributed by atoms with Crippen LogP contribution in [0.4, 0.5) is 0 Å². The molecule has 2 heterocycles. The Bertz CT molecular complexity index is 398. The van der Waals surface area contributed by atoms with Crippen LogP contribution in [0.1, 0.15) is 17.3 Å². The zero-order valence-electron chi connectivity index (χ0n) is 8.27. The SMILES string of the molecule is CC1(O)CN(C(=O)c2ccncc2Cl)C1. The molecule has 5 heteroatoms. The molecule has 1 aromatic heterocycles. The van der Waals surface area contributed by atoms with Crippen molar-refractivity contribution in [3.8, 4) is 0 Å². The molecular weight excluding hydrogens is 216 g/mol. The molecule has 0 bridgehead atoms. The Morgan fingerprint density at radius 2 is 2.33 bits per heavy atom. The predicted molar refractivity (Wildman–Crippen MR) is 55.8 cm³/mol.